The van der Waals surface area contributed by atoms with E-state index in [0.29, 0.717) is 68.6 Å². The molecule has 6 aromatic rings. The van der Waals surface area contributed by atoms with E-state index in [1.54, 1.807) is 0 Å². The summed E-state index contributed by atoms with van der Waals surface area (Å²) in [6.07, 6.45) is 9.19. The van der Waals surface area contributed by atoms with Crippen molar-refractivity contribution in [3.8, 4) is 0 Å². The smallest absolute Gasteiger partial charge is 0.242 e. The lowest BCUT2D eigenvalue weighted by Crippen LogP contribution is -2.52. The van der Waals surface area contributed by atoms with Gasteiger partial charge in [-0.3, -0.25) is 43.2 Å². The van der Waals surface area contributed by atoms with Gasteiger partial charge in [-0.2, -0.15) is 0 Å². The second-order valence-corrected chi connectivity index (χ2v) is 25.3. The van der Waals surface area contributed by atoms with Crippen molar-refractivity contribution in [2.75, 3.05) is 98.2 Å². The summed E-state index contributed by atoms with van der Waals surface area (Å²) < 4.78 is 0. The Morgan fingerprint density at radius 3 is 0.710 bits per heavy atom. The van der Waals surface area contributed by atoms with Crippen molar-refractivity contribution in [2.24, 2.45) is 22.9 Å². The van der Waals surface area contributed by atoms with E-state index in [4.69, 9.17) is 22.9 Å². The summed E-state index contributed by atoms with van der Waals surface area (Å²) in [6, 6.07) is 55.0. The van der Waals surface area contributed by atoms with E-state index in [1.807, 2.05) is 182 Å². The number of amides is 9. The molecule has 0 saturated heterocycles. The van der Waals surface area contributed by atoms with Crippen LogP contribution in [0.2, 0.25) is 0 Å². The number of hydrogen-bond donors (Lipinski definition) is 5. The van der Waals surface area contributed by atoms with Crippen molar-refractivity contribution in [3.63, 3.8) is 0 Å². The minimum absolute atomic E-state index is 0.00315. The maximum Gasteiger partial charge on any atom is 0.242 e. The molecule has 6 rings (SSSR count). The number of unbranched alkanes of at least 4 members (excludes halogenated alkanes) is 9. The van der Waals surface area contributed by atoms with Crippen LogP contribution in [0.5, 0.6) is 0 Å². The van der Waals surface area contributed by atoms with Gasteiger partial charge in [0.25, 0.3) is 0 Å². The Kier molecular flexibility index (Phi) is 36.4. The standard InChI is InChI=1S/C78H105N13O9/c79-43-25-1-4-28-46-83-49-71(93)87(51-65-33-15-8-16-34-65)61-77(99)88(52-66-35-17-9-18-36-66)59-72(94)85(48-30-6-3-27-45-81)58-75(97)91(55-69-41-23-12-24-42-69)63-78(100)89(53-67-37-19-10-20-38-67)60-73(95)84(47-29-5-2-26-44-80)57-74(96)90(54-68-39-21-11-22-40-68)62-76(98)86(56-70(82)92)50-64-31-13-7-14-32-64/h7-24,31-42,83H,1-6,25-30,43-63,79-81H2,(H2,82,92). The summed E-state index contributed by atoms with van der Waals surface area (Å²) in [5, 5.41) is 3.25. The Labute approximate surface area is 590 Å². The molecule has 6 aromatic carbocycles. The Morgan fingerprint density at radius 2 is 0.460 bits per heavy atom. The third kappa shape index (κ3) is 30.2. The molecule has 0 unspecified atom stereocenters. The topological polar surface area (TPSA) is 296 Å². The zero-order valence-corrected chi connectivity index (χ0v) is 58.2. The molecule has 0 fully saturated rings. The van der Waals surface area contributed by atoms with Crippen LogP contribution in [-0.2, 0) is 82.4 Å². The van der Waals surface area contributed by atoms with Gasteiger partial charge in [0.05, 0.1) is 26.2 Å². The van der Waals surface area contributed by atoms with Crippen LogP contribution in [0.15, 0.2) is 182 Å². The first-order valence-electron chi connectivity index (χ1n) is 35.2. The second-order valence-electron chi connectivity index (χ2n) is 25.3. The number of hydrogen-bond acceptors (Lipinski definition) is 13. The molecule has 0 atom stereocenters. The molecule has 0 saturated carbocycles. The lowest BCUT2D eigenvalue weighted by molar-refractivity contribution is -0.149. The van der Waals surface area contributed by atoms with Crippen molar-refractivity contribution in [2.45, 2.75) is 116 Å². The Bertz CT molecular complexity index is 3400. The van der Waals surface area contributed by atoms with Crippen LogP contribution in [-0.4, -0.2) is 191 Å². The van der Waals surface area contributed by atoms with Crippen molar-refractivity contribution in [1.82, 2.24) is 44.5 Å². The van der Waals surface area contributed by atoms with Crippen LogP contribution < -0.4 is 28.3 Å². The van der Waals surface area contributed by atoms with Gasteiger partial charge in [-0.1, -0.05) is 221 Å². The molecule has 0 radical (unpaired) electrons. The average molecular weight is 1370 g/mol. The molecule has 0 heterocycles. The number of nitrogens with one attached hydrogen (secondary N) is 1. The van der Waals surface area contributed by atoms with Gasteiger partial charge in [-0.05, 0) is 98.1 Å². The van der Waals surface area contributed by atoms with Crippen molar-refractivity contribution in [3.05, 3.63) is 215 Å². The van der Waals surface area contributed by atoms with Gasteiger partial charge in [0.1, 0.15) is 32.7 Å². The monoisotopic (exact) mass is 1370 g/mol. The first-order chi connectivity index (χ1) is 48.6. The molecule has 0 aliphatic rings. The molecular formula is C78H105N13O9. The lowest BCUT2D eigenvalue weighted by atomic mass is 10.1. The SMILES string of the molecule is NCCCCCCNCC(=O)N(CC(=O)N(CC(=O)N(CCCCCCN)CC(=O)N(CC(=O)N(CC(=O)N(CCCCCCN)CC(=O)N(CC(=O)N(CC(N)=O)Cc1ccccc1)Cc1ccccc1)Cc1ccccc1)Cc1ccccc1)Cc1ccccc1)Cc1ccccc1. The van der Waals surface area contributed by atoms with Crippen molar-refractivity contribution >= 4 is 53.2 Å². The van der Waals surface area contributed by atoms with Gasteiger partial charge >= 0.3 is 0 Å². The summed E-state index contributed by atoms with van der Waals surface area (Å²) in [4.78, 5) is 143. The number of primary amides is 1. The molecule has 9 amide bonds. The van der Waals surface area contributed by atoms with E-state index >= 15 is 19.2 Å². The fraction of sp³-hybridized carbons (Fsp3) is 0.423. The largest absolute Gasteiger partial charge is 0.368 e. The van der Waals surface area contributed by atoms with Gasteiger partial charge in [0.2, 0.25) is 53.2 Å². The summed E-state index contributed by atoms with van der Waals surface area (Å²) in [5.41, 5.74) is 27.5. The first-order valence-corrected chi connectivity index (χ1v) is 35.2. The highest BCUT2D eigenvalue weighted by Gasteiger charge is 2.32. The van der Waals surface area contributed by atoms with E-state index in [9.17, 15) is 24.0 Å². The summed E-state index contributed by atoms with van der Waals surface area (Å²) in [6.45, 7) is -0.956. The molecule has 0 bridgehead atoms. The molecule has 22 heteroatoms. The number of benzene rings is 6. The molecule has 0 aromatic heterocycles. The molecule has 0 spiro atoms. The Balaban J connectivity index is 1.29. The number of carbonyl (C=O) groups is 9. The zero-order chi connectivity index (χ0) is 71.5. The van der Waals surface area contributed by atoms with Gasteiger partial charge in [-0.15, -0.1) is 0 Å². The molecule has 0 aliphatic carbocycles. The van der Waals surface area contributed by atoms with Crippen LogP contribution in [0.25, 0.3) is 0 Å². The fourth-order valence-electron chi connectivity index (χ4n) is 11.5. The third-order valence-electron chi connectivity index (χ3n) is 17.1. The van der Waals surface area contributed by atoms with Crippen LogP contribution in [0.4, 0.5) is 0 Å². The fourth-order valence-corrected chi connectivity index (χ4v) is 11.5. The predicted octanol–water partition coefficient (Wildman–Crippen LogP) is 6.45. The van der Waals surface area contributed by atoms with E-state index in [2.05, 4.69) is 5.32 Å². The maximum absolute atomic E-state index is 15.4. The minimum atomic E-state index is -0.731. The van der Waals surface area contributed by atoms with Crippen LogP contribution in [0.1, 0.15) is 110 Å². The molecule has 100 heavy (non-hydrogen) atoms. The normalized spacial score (nSPS) is 10.9. The van der Waals surface area contributed by atoms with Crippen LogP contribution in [0, 0.1) is 0 Å². The lowest BCUT2D eigenvalue weighted by Gasteiger charge is -2.33. The Hall–Kier alpha value is -9.61. The maximum atomic E-state index is 15.4. The highest BCUT2D eigenvalue weighted by molar-refractivity contribution is 5.94. The quantitative estimate of drug-likeness (QED) is 0.0257. The van der Waals surface area contributed by atoms with Crippen molar-refractivity contribution in [1.29, 1.82) is 0 Å². The molecular weight excluding hydrogens is 1260 g/mol. The number of carbonyl (C=O) groups excluding carboxylic acids is 9. The molecule has 536 valence electrons. The van der Waals surface area contributed by atoms with E-state index in [0.717, 1.165) is 68.1 Å². The second kappa shape index (κ2) is 45.9. The van der Waals surface area contributed by atoms with E-state index in [1.165, 1.54) is 39.2 Å². The summed E-state index contributed by atoms with van der Waals surface area (Å²) in [7, 11) is 0. The van der Waals surface area contributed by atoms with Crippen LogP contribution >= 0.6 is 0 Å². The molecule has 9 N–H and O–H groups in total. The first kappa shape index (κ1) is 79.4. The zero-order valence-electron chi connectivity index (χ0n) is 58.2. The van der Waals surface area contributed by atoms with Gasteiger partial charge in [0.15, 0.2) is 0 Å². The average Bonchev–Trinajstić information content (AvgIpc) is 0.860. The Morgan fingerprint density at radius 1 is 0.250 bits per heavy atom. The summed E-state index contributed by atoms with van der Waals surface area (Å²) in [5.74, 6) is -4.81. The predicted molar refractivity (Wildman–Crippen MR) is 389 cm³/mol. The van der Waals surface area contributed by atoms with Gasteiger partial charge < -0.3 is 67.5 Å². The number of nitrogens with two attached hydrogens (primary N) is 4. The van der Waals surface area contributed by atoms with Crippen molar-refractivity contribution < 1.29 is 43.2 Å². The van der Waals surface area contributed by atoms with Gasteiger partial charge in [0, 0.05) is 52.4 Å². The van der Waals surface area contributed by atoms with E-state index < -0.39 is 93.1 Å². The molecule has 22 nitrogen and oxygen atoms in total. The van der Waals surface area contributed by atoms with E-state index in [-0.39, 0.29) is 71.4 Å². The molecule has 0 aliphatic heterocycles. The van der Waals surface area contributed by atoms with Gasteiger partial charge in [-0.25, -0.2) is 0 Å². The minimum Gasteiger partial charge on any atom is -0.368 e. The number of rotatable bonds is 48. The highest BCUT2D eigenvalue weighted by atomic mass is 16.2. The highest BCUT2D eigenvalue weighted by Crippen LogP contribution is 2.17. The summed E-state index contributed by atoms with van der Waals surface area (Å²) >= 11 is 0. The number of nitrogens with zero attached hydrogens (tertiary/aromatic N) is 8. The third-order valence-corrected chi connectivity index (χ3v) is 17.1. The van der Waals surface area contributed by atoms with Crippen LogP contribution in [0.3, 0.4) is 0 Å².